The third kappa shape index (κ3) is 2.76. The van der Waals surface area contributed by atoms with E-state index < -0.39 is 13.1 Å². The van der Waals surface area contributed by atoms with Crippen LogP contribution in [0.15, 0.2) is 22.0 Å². The van der Waals surface area contributed by atoms with Crippen LogP contribution in [0, 0.1) is 6.92 Å². The van der Waals surface area contributed by atoms with Gasteiger partial charge < -0.3 is 14.8 Å². The Morgan fingerprint density at radius 3 is 3.05 bits per heavy atom. The summed E-state index contributed by atoms with van der Waals surface area (Å²) in [4.78, 5) is 11.4. The van der Waals surface area contributed by atoms with Crippen LogP contribution >= 0.6 is 23.1 Å². The molecule has 2 N–H and O–H groups in total. The Balaban J connectivity index is 1.92. The van der Waals surface area contributed by atoms with Crippen molar-refractivity contribution in [3.63, 3.8) is 0 Å². The second-order valence-electron chi connectivity index (χ2n) is 4.62. The summed E-state index contributed by atoms with van der Waals surface area (Å²) in [6.07, 6.45) is 0.515. The molecular weight excluding hydrogens is 311 g/mol. The molecule has 3 rings (SSSR count). The van der Waals surface area contributed by atoms with Crippen molar-refractivity contribution in [1.29, 1.82) is 0 Å². The second-order valence-corrected chi connectivity index (χ2v) is 6.94. The summed E-state index contributed by atoms with van der Waals surface area (Å²) in [6.45, 7) is 1.71. The number of aromatic carboxylic acids is 1. The van der Waals surface area contributed by atoms with Crippen molar-refractivity contribution in [1.82, 2.24) is 10.2 Å². The minimum atomic E-state index is -1.08. The summed E-state index contributed by atoms with van der Waals surface area (Å²) in [5.74, 6) is -0.782. The summed E-state index contributed by atoms with van der Waals surface area (Å²) in [6, 6.07) is 3.60. The van der Waals surface area contributed by atoms with Gasteiger partial charge in [-0.15, -0.1) is 10.2 Å². The summed E-state index contributed by atoms with van der Waals surface area (Å²) in [5, 5.41) is 26.9. The largest absolute Gasteiger partial charge is 0.537 e. The topological polar surface area (TPSA) is 92.5 Å². The fraction of sp³-hybridized carbons (Fsp3) is 0.250. The highest BCUT2D eigenvalue weighted by Crippen LogP contribution is 2.37. The van der Waals surface area contributed by atoms with E-state index in [4.69, 9.17) is 4.65 Å². The van der Waals surface area contributed by atoms with Crippen molar-refractivity contribution in [2.45, 2.75) is 22.8 Å². The highest BCUT2D eigenvalue weighted by Gasteiger charge is 2.38. The van der Waals surface area contributed by atoms with Crippen molar-refractivity contribution < 1.29 is 19.6 Å². The zero-order valence-electron chi connectivity index (χ0n) is 11.0. The second kappa shape index (κ2) is 5.66. The van der Waals surface area contributed by atoms with E-state index in [1.54, 1.807) is 18.5 Å². The quantitative estimate of drug-likeness (QED) is 0.830. The first-order valence-electron chi connectivity index (χ1n) is 6.19. The van der Waals surface area contributed by atoms with Gasteiger partial charge in [0.05, 0.1) is 5.15 Å². The number of thioether (sulfide) groups is 1. The summed E-state index contributed by atoms with van der Waals surface area (Å²) in [7, 11) is -1.08. The molecule has 1 aromatic carbocycles. The lowest BCUT2D eigenvalue weighted by Crippen LogP contribution is -2.40. The van der Waals surface area contributed by atoms with Crippen molar-refractivity contribution >= 4 is 36.2 Å². The van der Waals surface area contributed by atoms with Crippen LogP contribution in [0.3, 0.4) is 0 Å². The van der Waals surface area contributed by atoms with E-state index in [2.05, 4.69) is 10.2 Å². The van der Waals surface area contributed by atoms with Crippen LogP contribution in [-0.4, -0.2) is 38.6 Å². The Kier molecular flexibility index (Phi) is 3.88. The lowest BCUT2D eigenvalue weighted by molar-refractivity contribution is 0.0693. The van der Waals surface area contributed by atoms with Crippen molar-refractivity contribution in [2.24, 2.45) is 0 Å². The number of hydrogen-bond acceptors (Lipinski definition) is 7. The molecular formula is C12H11BN2O4S2. The molecule has 21 heavy (non-hydrogen) atoms. The predicted molar refractivity (Wildman–Crippen MR) is 80.0 cm³/mol. The number of fused-ring (bicyclic) bond motifs is 1. The number of aryl methyl sites for hydroxylation is 1. The molecule has 1 aliphatic heterocycles. The summed E-state index contributed by atoms with van der Waals surface area (Å²) < 4.78 is 6.22. The van der Waals surface area contributed by atoms with Crippen LogP contribution in [0.4, 0.5) is 0 Å². The summed E-state index contributed by atoms with van der Waals surface area (Å²) >= 11 is 2.77. The average Bonchev–Trinajstić information content (AvgIpc) is 2.92. The highest BCUT2D eigenvalue weighted by atomic mass is 32.2. The molecule has 6 nitrogen and oxygen atoms in total. The van der Waals surface area contributed by atoms with E-state index in [1.807, 2.05) is 6.07 Å². The number of carbonyl (C=O) groups is 1. The Bertz CT molecular complexity index is 680. The van der Waals surface area contributed by atoms with Gasteiger partial charge in [0.15, 0.2) is 4.34 Å². The van der Waals surface area contributed by atoms with Gasteiger partial charge in [0.1, 0.15) is 16.8 Å². The van der Waals surface area contributed by atoms with E-state index in [9.17, 15) is 14.9 Å². The normalized spacial score (nSPS) is 17.2. The minimum Gasteiger partial charge on any atom is -0.535 e. The highest BCUT2D eigenvalue weighted by molar-refractivity contribution is 8.02. The van der Waals surface area contributed by atoms with Crippen LogP contribution < -0.4 is 4.65 Å². The first kappa shape index (κ1) is 14.4. The average molecular weight is 322 g/mol. The van der Waals surface area contributed by atoms with Gasteiger partial charge in [0.2, 0.25) is 0 Å². The number of carboxylic acid groups (broad SMARTS) is 1. The van der Waals surface area contributed by atoms with Gasteiger partial charge in [0, 0.05) is 0 Å². The number of aromatic nitrogens is 2. The first-order valence-corrected chi connectivity index (χ1v) is 7.95. The maximum atomic E-state index is 11.4. The van der Waals surface area contributed by atoms with Gasteiger partial charge >= 0.3 is 13.1 Å². The maximum Gasteiger partial charge on any atom is 0.537 e. The van der Waals surface area contributed by atoms with E-state index in [0.717, 1.165) is 9.90 Å². The van der Waals surface area contributed by atoms with Gasteiger partial charge in [-0.05, 0) is 24.5 Å². The Morgan fingerprint density at radius 2 is 2.38 bits per heavy atom. The SMILES string of the molecule is Cc1ccc2c(c1C(=O)O)OB(O)[C@@H](Sc1nncs1)C2. The third-order valence-corrected chi connectivity index (χ3v) is 5.28. The fourth-order valence-corrected chi connectivity index (χ4v) is 4.03. The van der Waals surface area contributed by atoms with Crippen LogP contribution in [0.25, 0.3) is 0 Å². The van der Waals surface area contributed by atoms with Crippen LogP contribution in [0.5, 0.6) is 5.75 Å². The van der Waals surface area contributed by atoms with Gasteiger partial charge in [-0.3, -0.25) is 0 Å². The van der Waals surface area contributed by atoms with E-state index in [1.165, 1.54) is 23.1 Å². The standard InChI is InChI=1S/C12H11BN2O4S2/c1-6-2-3-7-4-8(21-12-15-14-5-20-12)13(18)19-10(7)9(6)11(16)17/h2-3,5,8,18H,4H2,1H3,(H,16,17)/t8-/m0/s1. The van der Waals surface area contributed by atoms with Gasteiger partial charge in [-0.2, -0.15) is 0 Å². The molecule has 0 bridgehead atoms. The molecule has 108 valence electrons. The van der Waals surface area contributed by atoms with E-state index in [-0.39, 0.29) is 16.5 Å². The number of rotatable bonds is 3. The van der Waals surface area contributed by atoms with Crippen LogP contribution in [0.2, 0.25) is 0 Å². The smallest absolute Gasteiger partial charge is 0.535 e. The van der Waals surface area contributed by atoms with E-state index >= 15 is 0 Å². The minimum absolute atomic E-state index is 0.117. The van der Waals surface area contributed by atoms with Crippen molar-refractivity contribution in [2.75, 3.05) is 0 Å². The molecule has 2 heterocycles. The zero-order chi connectivity index (χ0) is 15.0. The number of hydrogen-bond donors (Lipinski definition) is 2. The molecule has 2 aromatic rings. The molecule has 0 radical (unpaired) electrons. The molecule has 0 fully saturated rings. The zero-order valence-corrected chi connectivity index (χ0v) is 12.6. The Hall–Kier alpha value is -1.58. The maximum absolute atomic E-state index is 11.4. The molecule has 9 heteroatoms. The molecule has 0 spiro atoms. The number of nitrogens with zero attached hydrogens (tertiary/aromatic N) is 2. The third-order valence-electron chi connectivity index (χ3n) is 3.23. The van der Waals surface area contributed by atoms with Crippen LogP contribution in [0.1, 0.15) is 21.5 Å². The molecule has 0 unspecified atom stereocenters. The van der Waals surface area contributed by atoms with E-state index in [0.29, 0.717) is 12.0 Å². The molecule has 1 aromatic heterocycles. The molecule has 0 aliphatic carbocycles. The molecule has 0 saturated carbocycles. The first-order chi connectivity index (χ1) is 10.1. The van der Waals surface area contributed by atoms with Gasteiger partial charge in [0.25, 0.3) is 0 Å². The molecule has 1 atom stereocenters. The lowest BCUT2D eigenvalue weighted by Gasteiger charge is -2.27. The van der Waals surface area contributed by atoms with Crippen LogP contribution in [-0.2, 0) is 6.42 Å². The molecule has 0 saturated heterocycles. The summed E-state index contributed by atoms with van der Waals surface area (Å²) in [5.41, 5.74) is 3.14. The predicted octanol–water partition coefficient (Wildman–Crippen LogP) is 1.66. The Labute approximate surface area is 129 Å². The number of benzene rings is 1. The monoisotopic (exact) mass is 322 g/mol. The van der Waals surface area contributed by atoms with Crippen molar-refractivity contribution in [3.05, 3.63) is 34.3 Å². The number of carboxylic acids is 1. The van der Waals surface area contributed by atoms with Crippen molar-refractivity contribution in [3.8, 4) is 5.75 Å². The van der Waals surface area contributed by atoms with Gasteiger partial charge in [-0.1, -0.05) is 35.2 Å². The Morgan fingerprint density at radius 1 is 1.57 bits per heavy atom. The fourth-order valence-electron chi connectivity index (χ4n) is 2.24. The van der Waals surface area contributed by atoms with Gasteiger partial charge in [-0.25, -0.2) is 4.79 Å². The molecule has 0 amide bonds. The lowest BCUT2D eigenvalue weighted by atomic mass is 9.77. The molecule has 1 aliphatic rings.